The van der Waals surface area contributed by atoms with Crippen LogP contribution in [0.15, 0.2) is 0 Å². The number of nitrogens with two attached hydrogens (primary N) is 1. The Morgan fingerprint density at radius 2 is 2.26 bits per heavy atom. The van der Waals surface area contributed by atoms with Gasteiger partial charge >= 0.3 is 5.97 Å². The minimum atomic E-state index is -1.00. The number of thiazole rings is 1. The molecule has 0 saturated carbocycles. The molecule has 0 bridgehead atoms. The molecule has 1 atom stereocenters. The number of carboxylic acid groups (broad SMARTS) is 1. The van der Waals surface area contributed by atoms with E-state index in [0.29, 0.717) is 10.7 Å². The molecule has 8 heteroatoms. The highest BCUT2D eigenvalue weighted by atomic mass is 32.1. The van der Waals surface area contributed by atoms with E-state index in [4.69, 9.17) is 15.6 Å². The Morgan fingerprint density at radius 3 is 2.74 bits per heavy atom. The number of hydrogen-bond donors (Lipinski definition) is 3. The van der Waals surface area contributed by atoms with Crippen LogP contribution in [0.4, 0.5) is 0 Å². The van der Waals surface area contributed by atoms with Crippen molar-refractivity contribution in [3.8, 4) is 0 Å². The van der Waals surface area contributed by atoms with Gasteiger partial charge in [0.15, 0.2) is 0 Å². The fraction of sp³-hybridized carbons (Fsp3) is 0.545. The van der Waals surface area contributed by atoms with Crippen LogP contribution in [0.2, 0.25) is 0 Å². The molecular weight excluding hydrogens is 270 g/mol. The lowest BCUT2D eigenvalue weighted by Gasteiger charge is -2.11. The van der Waals surface area contributed by atoms with Crippen LogP contribution in [0.5, 0.6) is 0 Å². The molecule has 106 valence electrons. The number of rotatable bonds is 7. The molecule has 0 fully saturated rings. The monoisotopic (exact) mass is 287 g/mol. The molecule has 7 nitrogen and oxygen atoms in total. The van der Waals surface area contributed by atoms with Gasteiger partial charge < -0.3 is 20.9 Å². The number of methoxy groups -OCH3 is 1. The second-order valence-corrected chi connectivity index (χ2v) is 4.99. The molecular formula is C11H17N3O4S. The summed E-state index contributed by atoms with van der Waals surface area (Å²) in [6.07, 6.45) is -0.143. The van der Waals surface area contributed by atoms with Crippen LogP contribution in [0.3, 0.4) is 0 Å². The van der Waals surface area contributed by atoms with Crippen molar-refractivity contribution >= 4 is 23.2 Å². The van der Waals surface area contributed by atoms with Crippen LogP contribution in [0.1, 0.15) is 26.8 Å². The molecule has 1 rings (SSSR count). The summed E-state index contributed by atoms with van der Waals surface area (Å²) < 4.78 is 5.00. The second-order valence-electron chi connectivity index (χ2n) is 3.90. The Balaban J connectivity index is 2.50. The zero-order valence-electron chi connectivity index (χ0n) is 10.8. The lowest BCUT2D eigenvalue weighted by Crippen LogP contribution is -2.31. The molecule has 0 spiro atoms. The average Bonchev–Trinajstić information content (AvgIpc) is 2.75. The van der Waals surface area contributed by atoms with Crippen molar-refractivity contribution in [2.45, 2.75) is 26.0 Å². The number of hydrogen-bond acceptors (Lipinski definition) is 6. The van der Waals surface area contributed by atoms with Gasteiger partial charge in [0, 0.05) is 13.7 Å². The Bertz CT molecular complexity index is 457. The summed E-state index contributed by atoms with van der Waals surface area (Å²) in [5.74, 6) is -1.21. The molecule has 0 radical (unpaired) electrons. The van der Waals surface area contributed by atoms with Crippen molar-refractivity contribution in [3.05, 3.63) is 15.6 Å². The van der Waals surface area contributed by atoms with Crippen LogP contribution in [-0.4, -0.2) is 41.7 Å². The summed E-state index contributed by atoms with van der Waals surface area (Å²) in [5.41, 5.74) is 5.87. The number of aromatic nitrogens is 1. The highest BCUT2D eigenvalue weighted by molar-refractivity contribution is 7.13. The normalized spacial score (nSPS) is 12.2. The van der Waals surface area contributed by atoms with Gasteiger partial charge in [0.05, 0.1) is 24.8 Å². The van der Waals surface area contributed by atoms with Crippen LogP contribution in [0.25, 0.3) is 0 Å². The van der Waals surface area contributed by atoms with E-state index in [-0.39, 0.29) is 36.4 Å². The van der Waals surface area contributed by atoms with Gasteiger partial charge in [-0.2, -0.15) is 0 Å². The van der Waals surface area contributed by atoms with Crippen molar-refractivity contribution in [1.82, 2.24) is 10.3 Å². The standard InChI is InChI=1S/C11H17N3O4S/c1-6-10(11(16)17)19-9(14-6)5-13-8(15)3-7(4-12)18-2/h7H,3-5,12H2,1-2H3,(H,13,15)(H,16,17). The third-order valence-corrected chi connectivity index (χ3v) is 3.63. The first kappa shape index (κ1) is 15.5. The zero-order chi connectivity index (χ0) is 14.4. The largest absolute Gasteiger partial charge is 0.477 e. The first-order valence-corrected chi connectivity index (χ1v) is 6.48. The maximum atomic E-state index is 11.6. The number of aryl methyl sites for hydroxylation is 1. The van der Waals surface area contributed by atoms with Gasteiger partial charge in [0.1, 0.15) is 9.88 Å². The molecule has 0 aliphatic heterocycles. The van der Waals surface area contributed by atoms with Gasteiger partial charge in [-0.15, -0.1) is 11.3 Å². The minimum Gasteiger partial charge on any atom is -0.477 e. The molecule has 4 N–H and O–H groups in total. The Kier molecular flexibility index (Phi) is 5.87. The van der Waals surface area contributed by atoms with E-state index in [0.717, 1.165) is 11.3 Å². The Hall–Kier alpha value is -1.51. The van der Waals surface area contributed by atoms with E-state index >= 15 is 0 Å². The summed E-state index contributed by atoms with van der Waals surface area (Å²) in [6.45, 7) is 2.10. The van der Waals surface area contributed by atoms with Crippen molar-refractivity contribution in [3.63, 3.8) is 0 Å². The van der Waals surface area contributed by atoms with Crippen LogP contribution in [0, 0.1) is 6.92 Å². The smallest absolute Gasteiger partial charge is 0.347 e. The number of aromatic carboxylic acids is 1. The first-order valence-electron chi connectivity index (χ1n) is 5.67. The average molecular weight is 287 g/mol. The number of amides is 1. The van der Waals surface area contributed by atoms with Crippen molar-refractivity contribution in [2.75, 3.05) is 13.7 Å². The van der Waals surface area contributed by atoms with Gasteiger partial charge in [0.25, 0.3) is 0 Å². The van der Waals surface area contributed by atoms with Crippen LogP contribution in [-0.2, 0) is 16.1 Å². The number of nitrogens with one attached hydrogen (secondary N) is 1. The maximum absolute atomic E-state index is 11.6. The molecule has 0 aromatic carbocycles. The third kappa shape index (κ3) is 4.58. The highest BCUT2D eigenvalue weighted by Gasteiger charge is 2.15. The zero-order valence-corrected chi connectivity index (χ0v) is 11.6. The molecule has 0 saturated heterocycles. The Morgan fingerprint density at radius 1 is 1.58 bits per heavy atom. The second kappa shape index (κ2) is 7.17. The van der Waals surface area contributed by atoms with E-state index in [1.54, 1.807) is 6.92 Å². The molecule has 1 amide bonds. The quantitative estimate of drug-likeness (QED) is 0.656. The van der Waals surface area contributed by atoms with Gasteiger partial charge in [0.2, 0.25) is 5.91 Å². The summed E-state index contributed by atoms with van der Waals surface area (Å²) in [7, 11) is 1.49. The predicted octanol–water partition coefficient (Wildman–Crippen LogP) is 0.130. The molecule has 19 heavy (non-hydrogen) atoms. The summed E-state index contributed by atoms with van der Waals surface area (Å²) >= 11 is 1.06. The lowest BCUT2D eigenvalue weighted by atomic mass is 10.2. The molecule has 1 aromatic heterocycles. The lowest BCUT2D eigenvalue weighted by molar-refractivity contribution is -0.123. The van der Waals surface area contributed by atoms with Crippen molar-refractivity contribution in [1.29, 1.82) is 0 Å². The fourth-order valence-corrected chi connectivity index (χ4v) is 2.29. The van der Waals surface area contributed by atoms with Gasteiger partial charge in [-0.25, -0.2) is 9.78 Å². The first-order chi connectivity index (χ1) is 8.97. The van der Waals surface area contributed by atoms with Crippen LogP contribution >= 0.6 is 11.3 Å². The number of ether oxygens (including phenoxy) is 1. The maximum Gasteiger partial charge on any atom is 0.347 e. The summed E-state index contributed by atoms with van der Waals surface area (Å²) in [5, 5.41) is 12.1. The summed E-state index contributed by atoms with van der Waals surface area (Å²) in [4.78, 5) is 26.7. The van der Waals surface area contributed by atoms with E-state index in [1.165, 1.54) is 7.11 Å². The molecule has 0 aliphatic rings. The predicted molar refractivity (Wildman–Crippen MR) is 70.1 cm³/mol. The van der Waals surface area contributed by atoms with E-state index in [9.17, 15) is 9.59 Å². The molecule has 1 aromatic rings. The van der Waals surface area contributed by atoms with E-state index < -0.39 is 5.97 Å². The van der Waals surface area contributed by atoms with Crippen molar-refractivity contribution in [2.24, 2.45) is 5.73 Å². The number of carboxylic acids is 1. The van der Waals surface area contributed by atoms with Gasteiger partial charge in [-0.1, -0.05) is 0 Å². The number of carbonyl (C=O) groups is 2. The van der Waals surface area contributed by atoms with Crippen molar-refractivity contribution < 1.29 is 19.4 Å². The van der Waals surface area contributed by atoms with Gasteiger partial charge in [-0.3, -0.25) is 4.79 Å². The SMILES string of the molecule is COC(CN)CC(=O)NCc1nc(C)c(C(=O)O)s1. The van der Waals surface area contributed by atoms with Crippen LogP contribution < -0.4 is 11.1 Å². The third-order valence-electron chi connectivity index (χ3n) is 2.48. The minimum absolute atomic E-state index is 0.170. The molecule has 0 aliphatic carbocycles. The highest BCUT2D eigenvalue weighted by Crippen LogP contribution is 2.17. The number of carbonyl (C=O) groups excluding carboxylic acids is 1. The van der Waals surface area contributed by atoms with E-state index in [2.05, 4.69) is 10.3 Å². The fourth-order valence-electron chi connectivity index (χ4n) is 1.44. The molecule has 1 unspecified atom stereocenters. The Labute approximate surface area is 114 Å². The number of nitrogens with zero attached hydrogens (tertiary/aromatic N) is 1. The van der Waals surface area contributed by atoms with E-state index in [1.807, 2.05) is 0 Å². The molecule has 1 heterocycles. The summed E-state index contributed by atoms with van der Waals surface area (Å²) in [6, 6.07) is 0. The van der Waals surface area contributed by atoms with Gasteiger partial charge in [-0.05, 0) is 6.92 Å². The topological polar surface area (TPSA) is 115 Å².